The van der Waals surface area contributed by atoms with Gasteiger partial charge < -0.3 is 26.4 Å². The molecule has 1 aliphatic rings. The Hall–Kier alpha value is -3.42. The van der Waals surface area contributed by atoms with Gasteiger partial charge in [-0.15, -0.1) is 16.4 Å². The summed E-state index contributed by atoms with van der Waals surface area (Å²) in [7, 11) is -4.74. The third-order valence-electron chi connectivity index (χ3n) is 4.04. The van der Waals surface area contributed by atoms with Crippen LogP contribution in [0.2, 0.25) is 0 Å². The van der Waals surface area contributed by atoms with E-state index in [4.69, 9.17) is 31.0 Å². The molecule has 0 aromatic carbocycles. The molecule has 0 saturated carbocycles. The fraction of sp³-hybridized carbons (Fsp3) is 0.357. The van der Waals surface area contributed by atoms with Crippen molar-refractivity contribution in [3.05, 3.63) is 16.1 Å². The fourth-order valence-electron chi connectivity index (χ4n) is 2.57. The van der Waals surface area contributed by atoms with Crippen LogP contribution in [0, 0.1) is 5.41 Å². The number of carbonyl (C=O) groups excluding carboxylic acids is 2. The molecule has 3 heterocycles. The number of hydrogen-bond donors (Lipinski definition) is 5. The highest BCUT2D eigenvalue weighted by molar-refractivity contribution is 7.84. The predicted octanol–water partition coefficient (Wildman–Crippen LogP) is -1.82. The molecule has 1 saturated heterocycles. The Morgan fingerprint density at radius 3 is 2.70 bits per heavy atom. The van der Waals surface area contributed by atoms with E-state index in [1.165, 1.54) is 12.3 Å². The number of amidine groups is 1. The van der Waals surface area contributed by atoms with Gasteiger partial charge in [-0.2, -0.15) is 8.42 Å². The number of nitrogens with zero attached hydrogens (tertiary/aromatic N) is 5. The van der Waals surface area contributed by atoms with E-state index in [0.29, 0.717) is 0 Å². The minimum Gasteiger partial charge on any atom is -0.465 e. The second-order valence-corrected chi connectivity index (χ2v) is 9.40. The van der Waals surface area contributed by atoms with Gasteiger partial charge in [-0.25, -0.2) is 9.29 Å². The van der Waals surface area contributed by atoms with Crippen molar-refractivity contribution < 1.29 is 32.1 Å². The van der Waals surface area contributed by atoms with Crippen molar-refractivity contribution in [2.45, 2.75) is 19.0 Å². The molecule has 2 aromatic rings. The summed E-state index contributed by atoms with van der Waals surface area (Å²) < 4.78 is 37.0. The fourth-order valence-corrected chi connectivity index (χ4v) is 4.58. The first-order valence-corrected chi connectivity index (χ1v) is 11.9. The number of ether oxygens (including phenoxy) is 1. The predicted molar refractivity (Wildman–Crippen MR) is 115 cm³/mol. The number of anilines is 1. The maximum Gasteiger partial charge on any atom is 0.362 e. The molecule has 1 fully saturated rings. The van der Waals surface area contributed by atoms with Crippen LogP contribution in [-0.4, -0.2) is 81.1 Å². The van der Waals surface area contributed by atoms with Crippen LogP contribution in [-0.2, 0) is 24.7 Å². The van der Waals surface area contributed by atoms with Crippen molar-refractivity contribution >= 4 is 61.5 Å². The first-order valence-electron chi connectivity index (χ1n) is 8.82. The summed E-state index contributed by atoms with van der Waals surface area (Å²) in [6.07, 6.45) is 0. The molecule has 3 rings (SSSR count). The molecule has 0 aliphatic carbocycles. The van der Waals surface area contributed by atoms with E-state index < -0.39 is 34.2 Å². The average molecular weight is 520 g/mol. The zero-order chi connectivity index (χ0) is 24.3. The second kappa shape index (κ2) is 9.60. The van der Waals surface area contributed by atoms with Crippen LogP contribution in [0.25, 0.3) is 0 Å². The highest BCUT2D eigenvalue weighted by atomic mass is 32.2. The molecule has 0 bridgehead atoms. The first kappa shape index (κ1) is 24.2. The highest BCUT2D eigenvalue weighted by Crippen LogP contribution is 2.23. The lowest BCUT2D eigenvalue weighted by Crippen LogP contribution is -2.71. The molecule has 0 spiro atoms. The molecular weight excluding hydrogens is 502 g/mol. The second-order valence-electron chi connectivity index (χ2n) is 6.28. The van der Waals surface area contributed by atoms with Crippen molar-refractivity contribution in [1.82, 2.24) is 24.8 Å². The molecular formula is C14H17N9O7S3. The largest absolute Gasteiger partial charge is 0.465 e. The maximum atomic E-state index is 12.7. The molecule has 2 amide bonds. The van der Waals surface area contributed by atoms with Crippen LogP contribution in [0.4, 0.5) is 5.13 Å². The van der Waals surface area contributed by atoms with Gasteiger partial charge in [0.25, 0.3) is 17.0 Å². The Bertz CT molecular complexity index is 1210. The number of β-lactam (4-membered cyclic amide) rings is 1. The normalized spacial score (nSPS) is 18.5. The summed E-state index contributed by atoms with van der Waals surface area (Å²) in [6, 6.07) is -2.23. The van der Waals surface area contributed by atoms with Crippen molar-refractivity contribution in [3.63, 3.8) is 0 Å². The summed E-state index contributed by atoms with van der Waals surface area (Å²) in [5.74, 6) is -2.14. The molecule has 7 N–H and O–H groups in total. The van der Waals surface area contributed by atoms with Crippen LogP contribution in [0.15, 0.2) is 10.5 Å². The summed E-state index contributed by atoms with van der Waals surface area (Å²) in [5.41, 5.74) is 10.6. The van der Waals surface area contributed by atoms with E-state index in [-0.39, 0.29) is 50.1 Å². The van der Waals surface area contributed by atoms with Crippen molar-refractivity contribution in [1.29, 1.82) is 5.41 Å². The van der Waals surface area contributed by atoms with Gasteiger partial charge in [-0.1, -0.05) is 21.6 Å². The summed E-state index contributed by atoms with van der Waals surface area (Å²) in [5, 5.41) is 22.6. The molecule has 178 valence electrons. The monoisotopic (exact) mass is 519 g/mol. The average Bonchev–Trinajstić information content (AvgIpc) is 3.37. The minimum atomic E-state index is -4.74. The van der Waals surface area contributed by atoms with Crippen molar-refractivity contribution in [2.24, 2.45) is 10.9 Å². The van der Waals surface area contributed by atoms with Gasteiger partial charge in [0.1, 0.15) is 18.3 Å². The van der Waals surface area contributed by atoms with Gasteiger partial charge in [0.15, 0.2) is 28.3 Å². The van der Waals surface area contributed by atoms with Gasteiger partial charge in [0.2, 0.25) is 0 Å². The van der Waals surface area contributed by atoms with E-state index in [1.807, 2.05) is 0 Å². The number of hydrogen-bond acceptors (Lipinski definition) is 14. The molecule has 0 radical (unpaired) electrons. The van der Waals surface area contributed by atoms with Crippen LogP contribution in [0.3, 0.4) is 0 Å². The Balaban J connectivity index is 1.62. The summed E-state index contributed by atoms with van der Waals surface area (Å²) in [4.78, 5) is 33.8. The number of oxime groups is 1. The first-order chi connectivity index (χ1) is 15.5. The number of nitrogens with two attached hydrogens (primary N) is 2. The third-order valence-corrected chi connectivity index (χ3v) is 6.60. The highest BCUT2D eigenvalue weighted by Gasteiger charge is 2.51. The molecule has 2 atom stereocenters. The van der Waals surface area contributed by atoms with Crippen LogP contribution in [0.5, 0.6) is 5.19 Å². The van der Waals surface area contributed by atoms with E-state index in [9.17, 15) is 18.0 Å². The Morgan fingerprint density at radius 1 is 1.42 bits per heavy atom. The Labute approximate surface area is 194 Å². The zero-order valence-electron chi connectivity index (χ0n) is 16.7. The molecule has 1 aliphatic heterocycles. The van der Waals surface area contributed by atoms with Gasteiger partial charge >= 0.3 is 10.3 Å². The topological polar surface area (TPSA) is 249 Å². The van der Waals surface area contributed by atoms with E-state index in [0.717, 1.165) is 22.7 Å². The quantitative estimate of drug-likeness (QED) is 0.0581. The van der Waals surface area contributed by atoms with Crippen LogP contribution < -0.4 is 21.5 Å². The van der Waals surface area contributed by atoms with Crippen LogP contribution >= 0.6 is 22.7 Å². The van der Waals surface area contributed by atoms with E-state index >= 15 is 0 Å². The third kappa shape index (κ3) is 5.50. The minimum absolute atomic E-state index is 0.0361. The lowest BCUT2D eigenvalue weighted by atomic mass is 10.0. The number of carbonyl (C=O) groups is 2. The molecule has 16 nitrogen and oxygen atoms in total. The smallest absolute Gasteiger partial charge is 0.362 e. The maximum absolute atomic E-state index is 12.7. The van der Waals surface area contributed by atoms with Crippen molar-refractivity contribution in [3.8, 4) is 5.19 Å². The number of nitrogens with one attached hydrogen (secondary N) is 2. The van der Waals surface area contributed by atoms with E-state index in [2.05, 4.69) is 25.7 Å². The number of rotatable bonds is 10. The van der Waals surface area contributed by atoms with Crippen molar-refractivity contribution in [2.75, 3.05) is 18.9 Å². The standard InChI is InChI=1S/C14H17N9O7S3/c1-5-7(12(25)23(5)33(26,27)28)19-10(24)8(6-4-31-13(17)18-6)22-30-3-2-29-14-21-20-11(32-14)9(15)16/h4-5,7H,2-3H2,1H3,(H3,15,16)(H2,17,18)(H,19,24)(H,26,27,28)/b22-8-/t5-,7-/m0/s1. The van der Waals surface area contributed by atoms with Gasteiger partial charge in [0, 0.05) is 5.38 Å². The number of aromatic nitrogens is 3. The zero-order valence-corrected chi connectivity index (χ0v) is 19.1. The van der Waals surface area contributed by atoms with Crippen LogP contribution in [0.1, 0.15) is 17.6 Å². The lowest BCUT2D eigenvalue weighted by molar-refractivity contribution is -0.143. The lowest BCUT2D eigenvalue weighted by Gasteiger charge is -2.42. The summed E-state index contributed by atoms with van der Waals surface area (Å²) >= 11 is 2.00. The van der Waals surface area contributed by atoms with E-state index in [1.54, 1.807) is 0 Å². The molecule has 0 unspecified atom stereocenters. The van der Waals surface area contributed by atoms with Gasteiger partial charge in [0.05, 0.1) is 6.04 Å². The van der Waals surface area contributed by atoms with Gasteiger partial charge in [-0.05, 0) is 6.92 Å². The summed E-state index contributed by atoms with van der Waals surface area (Å²) in [6.45, 7) is 1.17. The van der Waals surface area contributed by atoms with Gasteiger partial charge in [-0.3, -0.25) is 19.6 Å². The SMILES string of the molecule is C[C@H]1[C@H](NC(=O)/C(=N\OCCOc2nnc(C(=N)N)s2)c2csc(N)n2)C(=O)N1S(=O)(=O)O. The number of thiazole rings is 1. The molecule has 2 aromatic heterocycles. The Kier molecular flexibility index (Phi) is 7.05. The Morgan fingerprint density at radius 2 is 2.15 bits per heavy atom. The molecule has 19 heteroatoms. The molecule has 33 heavy (non-hydrogen) atoms. The number of amides is 2. The number of nitrogen functional groups attached to an aromatic ring is 2.